The fourth-order valence-corrected chi connectivity index (χ4v) is 1.87. The zero-order valence-electron chi connectivity index (χ0n) is 10.5. The number of rotatable bonds is 10. The fraction of sp³-hybridized carbons (Fsp3) is 1.00. The SMILES string of the molecule is CCCCCCCCC(C)(O)CCCO. The van der Waals surface area contributed by atoms with Gasteiger partial charge in [0.05, 0.1) is 5.60 Å². The van der Waals surface area contributed by atoms with Crippen LogP contribution < -0.4 is 0 Å². The van der Waals surface area contributed by atoms with Crippen LogP contribution in [0.5, 0.6) is 0 Å². The summed E-state index contributed by atoms with van der Waals surface area (Å²) in [5.41, 5.74) is -0.562. The Morgan fingerprint density at radius 2 is 1.40 bits per heavy atom. The van der Waals surface area contributed by atoms with Crippen molar-refractivity contribution < 1.29 is 10.2 Å². The first-order chi connectivity index (χ1) is 7.12. The summed E-state index contributed by atoms with van der Waals surface area (Å²) in [6, 6.07) is 0. The van der Waals surface area contributed by atoms with E-state index in [2.05, 4.69) is 6.92 Å². The molecular formula is C13H28O2. The average molecular weight is 216 g/mol. The van der Waals surface area contributed by atoms with E-state index in [1.54, 1.807) is 0 Å². The minimum Gasteiger partial charge on any atom is -0.396 e. The Morgan fingerprint density at radius 3 is 2.00 bits per heavy atom. The summed E-state index contributed by atoms with van der Waals surface area (Å²) < 4.78 is 0. The van der Waals surface area contributed by atoms with Gasteiger partial charge in [-0.25, -0.2) is 0 Å². The standard InChI is InChI=1S/C13H28O2/c1-3-4-5-6-7-8-10-13(2,15)11-9-12-14/h14-15H,3-12H2,1-2H3. The first kappa shape index (κ1) is 14.9. The lowest BCUT2D eigenvalue weighted by atomic mass is 9.93. The second-order valence-electron chi connectivity index (χ2n) is 4.84. The third-order valence-corrected chi connectivity index (χ3v) is 2.94. The predicted octanol–water partition coefficient (Wildman–Crippen LogP) is 3.26. The highest BCUT2D eigenvalue weighted by Gasteiger charge is 2.18. The Kier molecular flexibility index (Phi) is 9.12. The molecule has 0 aliphatic rings. The number of hydrogen-bond donors (Lipinski definition) is 2. The van der Waals surface area contributed by atoms with E-state index in [0.29, 0.717) is 6.42 Å². The number of unbranched alkanes of at least 4 members (excludes halogenated alkanes) is 5. The molecule has 15 heavy (non-hydrogen) atoms. The molecule has 0 amide bonds. The van der Waals surface area contributed by atoms with Crippen LogP contribution in [-0.4, -0.2) is 22.4 Å². The average Bonchev–Trinajstić information content (AvgIpc) is 2.20. The predicted molar refractivity (Wildman–Crippen MR) is 64.9 cm³/mol. The first-order valence-corrected chi connectivity index (χ1v) is 6.45. The van der Waals surface area contributed by atoms with Gasteiger partial charge in [0.25, 0.3) is 0 Å². The second kappa shape index (κ2) is 9.17. The summed E-state index contributed by atoms with van der Waals surface area (Å²) in [6.07, 6.45) is 9.90. The topological polar surface area (TPSA) is 40.5 Å². The summed E-state index contributed by atoms with van der Waals surface area (Å²) in [4.78, 5) is 0. The molecule has 0 aromatic carbocycles. The van der Waals surface area contributed by atoms with Crippen LogP contribution in [0.1, 0.15) is 71.6 Å². The van der Waals surface area contributed by atoms with Gasteiger partial charge in [0.15, 0.2) is 0 Å². The van der Waals surface area contributed by atoms with Crippen molar-refractivity contribution in [3.8, 4) is 0 Å². The van der Waals surface area contributed by atoms with Gasteiger partial charge in [0, 0.05) is 6.61 Å². The molecule has 0 fully saturated rings. The van der Waals surface area contributed by atoms with E-state index in [1.807, 2.05) is 6.92 Å². The highest BCUT2D eigenvalue weighted by Crippen LogP contribution is 2.20. The molecule has 0 heterocycles. The lowest BCUT2D eigenvalue weighted by Crippen LogP contribution is -2.24. The zero-order valence-corrected chi connectivity index (χ0v) is 10.5. The zero-order chi connectivity index (χ0) is 11.6. The van der Waals surface area contributed by atoms with Crippen LogP contribution >= 0.6 is 0 Å². The van der Waals surface area contributed by atoms with Crippen molar-refractivity contribution in [3.63, 3.8) is 0 Å². The molecular weight excluding hydrogens is 188 g/mol. The van der Waals surface area contributed by atoms with E-state index in [4.69, 9.17) is 5.11 Å². The van der Waals surface area contributed by atoms with Crippen molar-refractivity contribution in [1.29, 1.82) is 0 Å². The second-order valence-corrected chi connectivity index (χ2v) is 4.84. The van der Waals surface area contributed by atoms with Gasteiger partial charge in [0.1, 0.15) is 0 Å². The molecule has 0 spiro atoms. The molecule has 0 aromatic heterocycles. The quantitative estimate of drug-likeness (QED) is 0.550. The van der Waals surface area contributed by atoms with Gasteiger partial charge in [-0.3, -0.25) is 0 Å². The number of hydrogen-bond acceptors (Lipinski definition) is 2. The van der Waals surface area contributed by atoms with E-state index in [9.17, 15) is 5.11 Å². The van der Waals surface area contributed by atoms with Crippen molar-refractivity contribution in [3.05, 3.63) is 0 Å². The molecule has 0 bridgehead atoms. The van der Waals surface area contributed by atoms with Crippen LogP contribution in [0.4, 0.5) is 0 Å². The monoisotopic (exact) mass is 216 g/mol. The molecule has 1 atom stereocenters. The van der Waals surface area contributed by atoms with E-state index in [1.165, 1.54) is 32.1 Å². The molecule has 2 heteroatoms. The van der Waals surface area contributed by atoms with Crippen LogP contribution in [-0.2, 0) is 0 Å². The normalized spacial score (nSPS) is 15.2. The van der Waals surface area contributed by atoms with Crippen LogP contribution in [0.15, 0.2) is 0 Å². The molecule has 0 saturated carbocycles. The molecule has 92 valence electrons. The summed E-state index contributed by atoms with van der Waals surface area (Å²) >= 11 is 0. The van der Waals surface area contributed by atoms with Crippen LogP contribution in [0, 0.1) is 0 Å². The Labute approximate surface area is 94.7 Å². The summed E-state index contributed by atoms with van der Waals surface area (Å²) in [7, 11) is 0. The van der Waals surface area contributed by atoms with Crippen molar-refractivity contribution in [2.75, 3.05) is 6.61 Å². The van der Waals surface area contributed by atoms with E-state index < -0.39 is 5.60 Å². The Bertz CT molecular complexity index is 132. The molecule has 0 saturated heterocycles. The van der Waals surface area contributed by atoms with Crippen molar-refractivity contribution in [2.24, 2.45) is 0 Å². The number of aliphatic hydroxyl groups is 2. The van der Waals surface area contributed by atoms with Gasteiger partial charge in [0.2, 0.25) is 0 Å². The Morgan fingerprint density at radius 1 is 0.867 bits per heavy atom. The van der Waals surface area contributed by atoms with Gasteiger partial charge >= 0.3 is 0 Å². The maximum absolute atomic E-state index is 9.94. The summed E-state index contributed by atoms with van der Waals surface area (Å²) in [5.74, 6) is 0. The smallest absolute Gasteiger partial charge is 0.0620 e. The third-order valence-electron chi connectivity index (χ3n) is 2.94. The van der Waals surface area contributed by atoms with Crippen LogP contribution in [0.25, 0.3) is 0 Å². The molecule has 0 rings (SSSR count). The fourth-order valence-electron chi connectivity index (χ4n) is 1.87. The minimum atomic E-state index is -0.562. The highest BCUT2D eigenvalue weighted by atomic mass is 16.3. The van der Waals surface area contributed by atoms with E-state index in [0.717, 1.165) is 19.3 Å². The lowest BCUT2D eigenvalue weighted by Gasteiger charge is -2.22. The molecule has 0 aromatic rings. The highest BCUT2D eigenvalue weighted by molar-refractivity contribution is 4.71. The molecule has 2 N–H and O–H groups in total. The van der Waals surface area contributed by atoms with Gasteiger partial charge in [-0.05, 0) is 26.2 Å². The number of aliphatic hydroxyl groups excluding tert-OH is 1. The maximum Gasteiger partial charge on any atom is 0.0620 e. The molecule has 0 aliphatic heterocycles. The Hall–Kier alpha value is -0.0800. The van der Waals surface area contributed by atoms with Crippen LogP contribution in [0.2, 0.25) is 0 Å². The van der Waals surface area contributed by atoms with Gasteiger partial charge in [-0.2, -0.15) is 0 Å². The molecule has 1 unspecified atom stereocenters. The van der Waals surface area contributed by atoms with Gasteiger partial charge in [-0.1, -0.05) is 45.4 Å². The summed E-state index contributed by atoms with van der Waals surface area (Å²) in [6.45, 7) is 4.29. The van der Waals surface area contributed by atoms with Crippen LogP contribution in [0.3, 0.4) is 0 Å². The lowest BCUT2D eigenvalue weighted by molar-refractivity contribution is 0.0326. The van der Waals surface area contributed by atoms with Crippen molar-refractivity contribution in [2.45, 2.75) is 77.2 Å². The largest absolute Gasteiger partial charge is 0.396 e. The van der Waals surface area contributed by atoms with Gasteiger partial charge in [-0.15, -0.1) is 0 Å². The molecule has 0 radical (unpaired) electrons. The van der Waals surface area contributed by atoms with Gasteiger partial charge < -0.3 is 10.2 Å². The minimum absolute atomic E-state index is 0.187. The van der Waals surface area contributed by atoms with E-state index in [-0.39, 0.29) is 6.61 Å². The molecule has 2 nitrogen and oxygen atoms in total. The van der Waals surface area contributed by atoms with E-state index >= 15 is 0 Å². The third kappa shape index (κ3) is 10.2. The molecule has 0 aliphatic carbocycles. The first-order valence-electron chi connectivity index (χ1n) is 6.45. The summed E-state index contributed by atoms with van der Waals surface area (Å²) in [5, 5.41) is 18.6. The Balaban J connectivity index is 3.32. The van der Waals surface area contributed by atoms with Crippen molar-refractivity contribution >= 4 is 0 Å². The van der Waals surface area contributed by atoms with Crippen molar-refractivity contribution in [1.82, 2.24) is 0 Å². The maximum atomic E-state index is 9.94.